The van der Waals surface area contributed by atoms with E-state index in [4.69, 9.17) is 4.74 Å². The van der Waals surface area contributed by atoms with Gasteiger partial charge in [0.25, 0.3) is 11.8 Å². The molecule has 0 aliphatic carbocycles. The number of hydrogen-bond donors (Lipinski definition) is 2. The van der Waals surface area contributed by atoms with Crippen molar-refractivity contribution in [3.63, 3.8) is 0 Å². The van der Waals surface area contributed by atoms with Crippen molar-refractivity contribution in [1.82, 2.24) is 25.1 Å². The normalized spacial score (nSPS) is 19.9. The monoisotopic (exact) mass is 433 g/mol. The highest BCUT2D eigenvalue weighted by molar-refractivity contribution is 6.08. The number of imide groups is 1. The van der Waals surface area contributed by atoms with E-state index in [1.54, 1.807) is 12.1 Å². The highest BCUT2D eigenvalue weighted by atomic mass is 16.5. The van der Waals surface area contributed by atoms with Gasteiger partial charge in [0, 0.05) is 12.7 Å². The number of carbonyl (C=O) groups excluding carboxylic acids is 4. The van der Waals surface area contributed by atoms with Crippen molar-refractivity contribution in [2.75, 3.05) is 13.1 Å². The number of urea groups is 1. The van der Waals surface area contributed by atoms with Crippen LogP contribution in [0.4, 0.5) is 4.79 Å². The maximum atomic E-state index is 13.1. The van der Waals surface area contributed by atoms with Gasteiger partial charge in [-0.2, -0.15) is 5.10 Å². The summed E-state index contributed by atoms with van der Waals surface area (Å²) in [6, 6.07) is 12.0. The summed E-state index contributed by atoms with van der Waals surface area (Å²) in [7, 11) is 0. The van der Waals surface area contributed by atoms with E-state index < -0.39 is 23.4 Å². The highest BCUT2D eigenvalue weighted by Crippen LogP contribution is 2.27. The number of ether oxygens (including phenoxy) is 1. The predicted octanol–water partition coefficient (Wildman–Crippen LogP) is 1.12. The maximum absolute atomic E-state index is 13.1. The first-order valence-electron chi connectivity index (χ1n) is 10.1. The van der Waals surface area contributed by atoms with Crippen molar-refractivity contribution in [3.05, 3.63) is 71.5 Å². The number of amides is 4. The van der Waals surface area contributed by atoms with Gasteiger partial charge in [-0.1, -0.05) is 30.3 Å². The number of benzene rings is 1. The minimum absolute atomic E-state index is 0.0879. The Morgan fingerprint density at radius 1 is 1.12 bits per heavy atom. The molecule has 2 aliphatic rings. The fraction of sp³-hybridized carbons (Fsp3) is 0.227. The molecule has 2 fully saturated rings. The van der Waals surface area contributed by atoms with E-state index >= 15 is 0 Å². The molecular weight excluding hydrogens is 414 g/mol. The third-order valence-corrected chi connectivity index (χ3v) is 5.77. The Morgan fingerprint density at radius 2 is 1.94 bits per heavy atom. The van der Waals surface area contributed by atoms with Gasteiger partial charge in [0.1, 0.15) is 12.1 Å². The molecule has 32 heavy (non-hydrogen) atoms. The van der Waals surface area contributed by atoms with E-state index in [2.05, 4.69) is 15.7 Å². The number of carbonyl (C=O) groups is 4. The van der Waals surface area contributed by atoms with Gasteiger partial charge in [0.2, 0.25) is 0 Å². The van der Waals surface area contributed by atoms with Gasteiger partial charge >= 0.3 is 12.0 Å². The molecule has 2 N–H and O–H groups in total. The van der Waals surface area contributed by atoms with Gasteiger partial charge in [-0.25, -0.2) is 14.1 Å². The van der Waals surface area contributed by atoms with Crippen LogP contribution >= 0.6 is 0 Å². The molecule has 0 bridgehead atoms. The van der Waals surface area contributed by atoms with Gasteiger partial charge in [-0.05, 0) is 24.1 Å². The topological polar surface area (TPSA) is 122 Å². The molecule has 5 rings (SSSR count). The molecule has 10 nitrogen and oxygen atoms in total. The lowest BCUT2D eigenvalue weighted by Crippen LogP contribution is -2.49. The Kier molecular flexibility index (Phi) is 4.62. The summed E-state index contributed by atoms with van der Waals surface area (Å²) in [6.45, 7) is 0.569. The standard InChI is InChI=1S/C22H19N5O5/c28-18(26-9-8-22(13-26)20(30)24-21(31)25-22)16-10-23-27-11-15(6-7-17(16)27)19(29)32-12-14-4-2-1-3-5-14/h1-7,10-11H,8-9,12-13H2,(H2,24,25,30,31). The van der Waals surface area contributed by atoms with Crippen LogP contribution in [-0.2, 0) is 16.1 Å². The average Bonchev–Trinajstić information content (AvgIpc) is 3.49. The Labute approximate surface area is 182 Å². The van der Waals surface area contributed by atoms with Crippen LogP contribution in [0.25, 0.3) is 5.52 Å². The number of aromatic nitrogens is 2. The quantitative estimate of drug-likeness (QED) is 0.470. The van der Waals surface area contributed by atoms with Crippen LogP contribution in [0.1, 0.15) is 32.7 Å². The number of fused-ring (bicyclic) bond motifs is 1. The van der Waals surface area contributed by atoms with E-state index in [1.165, 1.54) is 21.8 Å². The van der Waals surface area contributed by atoms with Gasteiger partial charge in [0.15, 0.2) is 0 Å². The summed E-state index contributed by atoms with van der Waals surface area (Å²) in [5.74, 6) is -1.22. The van der Waals surface area contributed by atoms with E-state index in [0.29, 0.717) is 29.6 Å². The van der Waals surface area contributed by atoms with E-state index in [1.807, 2.05) is 30.3 Å². The first-order valence-corrected chi connectivity index (χ1v) is 10.1. The first-order chi connectivity index (χ1) is 15.4. The smallest absolute Gasteiger partial charge is 0.340 e. The molecule has 0 radical (unpaired) electrons. The van der Waals surface area contributed by atoms with Crippen molar-refractivity contribution in [1.29, 1.82) is 0 Å². The molecule has 1 aromatic carbocycles. The van der Waals surface area contributed by atoms with Crippen molar-refractivity contribution in [2.24, 2.45) is 0 Å². The molecule has 3 aromatic rings. The molecule has 1 spiro atoms. The summed E-state index contributed by atoms with van der Waals surface area (Å²) >= 11 is 0. The summed E-state index contributed by atoms with van der Waals surface area (Å²) in [5.41, 5.74) is 0.975. The number of hydrogen-bond acceptors (Lipinski definition) is 6. The SMILES string of the molecule is O=C1NC(=O)C2(CCN(C(=O)c3cnn4cc(C(=O)OCc5ccccc5)ccc34)C2)N1. The van der Waals surface area contributed by atoms with Crippen molar-refractivity contribution >= 4 is 29.3 Å². The number of likely N-dealkylation sites (tertiary alicyclic amines) is 1. The number of rotatable bonds is 4. The number of pyridine rings is 1. The third-order valence-electron chi connectivity index (χ3n) is 5.77. The van der Waals surface area contributed by atoms with Crippen molar-refractivity contribution < 1.29 is 23.9 Å². The van der Waals surface area contributed by atoms with Crippen LogP contribution < -0.4 is 10.6 Å². The summed E-state index contributed by atoms with van der Waals surface area (Å²) < 4.78 is 6.79. The van der Waals surface area contributed by atoms with Gasteiger partial charge in [-0.15, -0.1) is 0 Å². The molecule has 0 saturated carbocycles. The molecule has 4 heterocycles. The number of esters is 1. The van der Waals surface area contributed by atoms with Crippen molar-refractivity contribution in [3.8, 4) is 0 Å². The zero-order valence-electron chi connectivity index (χ0n) is 16.9. The molecule has 1 atom stereocenters. The van der Waals surface area contributed by atoms with E-state index in [9.17, 15) is 19.2 Å². The first kappa shape index (κ1) is 19.7. The van der Waals surface area contributed by atoms with Crippen LogP contribution in [-0.4, -0.2) is 57.0 Å². The lowest BCUT2D eigenvalue weighted by molar-refractivity contribution is -0.123. The second kappa shape index (κ2) is 7.49. The highest BCUT2D eigenvalue weighted by Gasteiger charge is 2.51. The Morgan fingerprint density at radius 3 is 2.69 bits per heavy atom. The average molecular weight is 433 g/mol. The van der Waals surface area contributed by atoms with Crippen LogP contribution in [0.15, 0.2) is 54.9 Å². The van der Waals surface area contributed by atoms with Crippen LogP contribution in [0, 0.1) is 0 Å². The Hall–Kier alpha value is -4.21. The van der Waals surface area contributed by atoms with Gasteiger partial charge in [-0.3, -0.25) is 14.9 Å². The van der Waals surface area contributed by atoms with Crippen molar-refractivity contribution in [2.45, 2.75) is 18.6 Å². The third kappa shape index (κ3) is 3.35. The summed E-state index contributed by atoms with van der Waals surface area (Å²) in [6.07, 6.45) is 3.28. The molecular formula is C22H19N5O5. The van der Waals surface area contributed by atoms with Crippen LogP contribution in [0.3, 0.4) is 0 Å². The van der Waals surface area contributed by atoms with Gasteiger partial charge in [0.05, 0.1) is 29.4 Å². The summed E-state index contributed by atoms with van der Waals surface area (Å²) in [5, 5.41) is 9.05. The molecule has 10 heteroatoms. The largest absolute Gasteiger partial charge is 0.457 e. The Balaban J connectivity index is 1.31. The molecule has 1 unspecified atom stereocenters. The lowest BCUT2D eigenvalue weighted by Gasteiger charge is -2.20. The van der Waals surface area contributed by atoms with Crippen LogP contribution in [0.2, 0.25) is 0 Å². The van der Waals surface area contributed by atoms with E-state index in [0.717, 1.165) is 5.56 Å². The minimum atomic E-state index is -1.08. The maximum Gasteiger partial charge on any atom is 0.340 e. The summed E-state index contributed by atoms with van der Waals surface area (Å²) in [4.78, 5) is 50.6. The number of nitrogens with one attached hydrogen (secondary N) is 2. The molecule has 2 saturated heterocycles. The lowest BCUT2D eigenvalue weighted by atomic mass is 9.99. The van der Waals surface area contributed by atoms with Gasteiger partial charge < -0.3 is 15.0 Å². The zero-order chi connectivity index (χ0) is 22.3. The zero-order valence-corrected chi connectivity index (χ0v) is 16.9. The molecule has 2 aromatic heterocycles. The predicted molar refractivity (Wildman–Crippen MR) is 111 cm³/mol. The fourth-order valence-corrected chi connectivity index (χ4v) is 4.05. The Bertz CT molecular complexity index is 1250. The number of nitrogens with zero attached hydrogens (tertiary/aromatic N) is 3. The molecule has 162 valence electrons. The second-order valence-electron chi connectivity index (χ2n) is 7.83. The molecule has 2 aliphatic heterocycles. The van der Waals surface area contributed by atoms with E-state index in [-0.39, 0.29) is 19.1 Å². The minimum Gasteiger partial charge on any atom is -0.457 e. The second-order valence-corrected chi connectivity index (χ2v) is 7.83. The fourth-order valence-electron chi connectivity index (χ4n) is 4.05. The van der Waals surface area contributed by atoms with Crippen LogP contribution in [0.5, 0.6) is 0 Å². The molecule has 4 amide bonds.